The van der Waals surface area contributed by atoms with Gasteiger partial charge in [0, 0.05) is 0 Å². The quantitative estimate of drug-likeness (QED) is 0.574. The van der Waals surface area contributed by atoms with Gasteiger partial charge in [0.15, 0.2) is 11.5 Å². The van der Waals surface area contributed by atoms with Crippen LogP contribution in [0.1, 0.15) is 16.7 Å². The Bertz CT molecular complexity index is 780. The Balaban J connectivity index is 1.74. The molecule has 0 saturated carbocycles. The molecule has 2 nitrogen and oxygen atoms in total. The monoisotopic (exact) mass is 316 g/mol. The van der Waals surface area contributed by atoms with Gasteiger partial charge in [0.1, 0.15) is 13.2 Å². The molecule has 0 fully saturated rings. The SMILES string of the molecule is C=Cc1ccc(OCc2ccccc2)c(OCc2ccccc2)c1. The Morgan fingerprint density at radius 3 is 1.75 bits per heavy atom. The molecule has 0 aliphatic carbocycles. The van der Waals surface area contributed by atoms with Crippen molar-refractivity contribution in [3.63, 3.8) is 0 Å². The summed E-state index contributed by atoms with van der Waals surface area (Å²) in [4.78, 5) is 0. The summed E-state index contributed by atoms with van der Waals surface area (Å²) in [5.41, 5.74) is 3.25. The molecule has 120 valence electrons. The summed E-state index contributed by atoms with van der Waals surface area (Å²) >= 11 is 0. The number of rotatable bonds is 7. The van der Waals surface area contributed by atoms with E-state index >= 15 is 0 Å². The van der Waals surface area contributed by atoms with Crippen molar-refractivity contribution in [2.75, 3.05) is 0 Å². The summed E-state index contributed by atoms with van der Waals surface area (Å²) in [6.07, 6.45) is 1.80. The second-order valence-electron chi connectivity index (χ2n) is 5.46. The van der Waals surface area contributed by atoms with Gasteiger partial charge in [-0.15, -0.1) is 0 Å². The van der Waals surface area contributed by atoms with Gasteiger partial charge in [-0.1, -0.05) is 79.4 Å². The van der Waals surface area contributed by atoms with Crippen molar-refractivity contribution in [3.8, 4) is 11.5 Å². The van der Waals surface area contributed by atoms with Gasteiger partial charge in [-0.3, -0.25) is 0 Å². The fraction of sp³-hybridized carbons (Fsp3) is 0.0909. The molecule has 0 atom stereocenters. The Hall–Kier alpha value is -3.00. The van der Waals surface area contributed by atoms with Crippen molar-refractivity contribution < 1.29 is 9.47 Å². The molecule has 3 aromatic carbocycles. The summed E-state index contributed by atoms with van der Waals surface area (Å²) in [6, 6.07) is 26.1. The highest BCUT2D eigenvalue weighted by Gasteiger charge is 2.07. The van der Waals surface area contributed by atoms with E-state index in [2.05, 4.69) is 6.58 Å². The van der Waals surface area contributed by atoms with Crippen molar-refractivity contribution >= 4 is 6.08 Å². The van der Waals surface area contributed by atoms with E-state index in [-0.39, 0.29) is 0 Å². The Kier molecular flexibility index (Phi) is 5.31. The molecular weight excluding hydrogens is 296 g/mol. The van der Waals surface area contributed by atoms with Crippen LogP contribution in [0.2, 0.25) is 0 Å². The maximum Gasteiger partial charge on any atom is 0.162 e. The summed E-state index contributed by atoms with van der Waals surface area (Å²) < 4.78 is 11.9. The highest BCUT2D eigenvalue weighted by molar-refractivity contribution is 5.54. The molecule has 0 spiro atoms. The zero-order chi connectivity index (χ0) is 16.6. The Morgan fingerprint density at radius 2 is 1.21 bits per heavy atom. The van der Waals surface area contributed by atoms with Crippen LogP contribution in [-0.2, 0) is 13.2 Å². The third-order valence-corrected chi connectivity index (χ3v) is 3.68. The van der Waals surface area contributed by atoms with Crippen molar-refractivity contribution in [2.45, 2.75) is 13.2 Å². The van der Waals surface area contributed by atoms with Crippen LogP contribution in [0.25, 0.3) is 6.08 Å². The van der Waals surface area contributed by atoms with Crippen LogP contribution >= 0.6 is 0 Å². The van der Waals surface area contributed by atoms with E-state index in [4.69, 9.17) is 9.47 Å². The summed E-state index contributed by atoms with van der Waals surface area (Å²) in [5.74, 6) is 1.47. The number of benzene rings is 3. The highest BCUT2D eigenvalue weighted by Crippen LogP contribution is 2.30. The fourth-order valence-electron chi connectivity index (χ4n) is 2.35. The smallest absolute Gasteiger partial charge is 0.162 e. The maximum absolute atomic E-state index is 5.98. The molecular formula is C22H20O2. The van der Waals surface area contributed by atoms with E-state index in [1.165, 1.54) is 0 Å². The average Bonchev–Trinajstić information content (AvgIpc) is 2.66. The van der Waals surface area contributed by atoms with E-state index in [9.17, 15) is 0 Å². The van der Waals surface area contributed by atoms with E-state index in [1.807, 2.05) is 78.9 Å². The van der Waals surface area contributed by atoms with Crippen LogP contribution in [0.4, 0.5) is 0 Å². The summed E-state index contributed by atoms with van der Waals surface area (Å²) in [5, 5.41) is 0. The molecule has 0 unspecified atom stereocenters. The minimum Gasteiger partial charge on any atom is -0.485 e. The van der Waals surface area contributed by atoms with Crippen LogP contribution < -0.4 is 9.47 Å². The predicted octanol–water partition coefficient (Wildman–Crippen LogP) is 5.49. The zero-order valence-electron chi connectivity index (χ0n) is 13.5. The Morgan fingerprint density at radius 1 is 0.667 bits per heavy atom. The van der Waals surface area contributed by atoms with Crippen LogP contribution in [0.15, 0.2) is 85.4 Å². The van der Waals surface area contributed by atoms with Crippen molar-refractivity contribution in [3.05, 3.63) is 102 Å². The molecule has 3 aromatic rings. The average molecular weight is 316 g/mol. The lowest BCUT2D eigenvalue weighted by Gasteiger charge is -2.14. The van der Waals surface area contributed by atoms with Gasteiger partial charge >= 0.3 is 0 Å². The van der Waals surface area contributed by atoms with Gasteiger partial charge in [0.25, 0.3) is 0 Å². The minimum atomic E-state index is 0.503. The molecule has 0 aliphatic rings. The third-order valence-electron chi connectivity index (χ3n) is 3.68. The number of ether oxygens (including phenoxy) is 2. The topological polar surface area (TPSA) is 18.5 Å². The molecule has 24 heavy (non-hydrogen) atoms. The number of hydrogen-bond acceptors (Lipinski definition) is 2. The third kappa shape index (κ3) is 4.26. The van der Waals surface area contributed by atoms with Gasteiger partial charge in [-0.25, -0.2) is 0 Å². The molecule has 0 bridgehead atoms. The zero-order valence-corrected chi connectivity index (χ0v) is 13.5. The van der Waals surface area contributed by atoms with Gasteiger partial charge in [0.05, 0.1) is 0 Å². The van der Waals surface area contributed by atoms with Crippen LogP contribution in [0.5, 0.6) is 11.5 Å². The summed E-state index contributed by atoms with van der Waals surface area (Å²) in [7, 11) is 0. The van der Waals surface area contributed by atoms with Crippen LogP contribution in [0.3, 0.4) is 0 Å². The second kappa shape index (κ2) is 8.02. The molecule has 0 aliphatic heterocycles. The lowest BCUT2D eigenvalue weighted by Crippen LogP contribution is -2.00. The second-order valence-corrected chi connectivity index (χ2v) is 5.46. The van der Waals surface area contributed by atoms with Crippen LogP contribution in [-0.4, -0.2) is 0 Å². The van der Waals surface area contributed by atoms with E-state index in [0.29, 0.717) is 13.2 Å². The fourth-order valence-corrected chi connectivity index (χ4v) is 2.35. The van der Waals surface area contributed by atoms with Gasteiger partial charge < -0.3 is 9.47 Å². The standard InChI is InChI=1S/C22H20O2/c1-2-18-13-14-21(23-16-19-9-5-3-6-10-19)22(15-18)24-17-20-11-7-4-8-12-20/h2-15H,1,16-17H2. The first-order valence-electron chi connectivity index (χ1n) is 7.95. The molecule has 0 heterocycles. The molecule has 0 amide bonds. The molecule has 2 heteroatoms. The lowest BCUT2D eigenvalue weighted by atomic mass is 10.2. The molecule has 0 N–H and O–H groups in total. The van der Waals surface area contributed by atoms with E-state index in [0.717, 1.165) is 28.2 Å². The van der Waals surface area contributed by atoms with Gasteiger partial charge in [-0.05, 0) is 28.8 Å². The van der Waals surface area contributed by atoms with Crippen molar-refractivity contribution in [1.82, 2.24) is 0 Å². The predicted molar refractivity (Wildman–Crippen MR) is 98.1 cm³/mol. The van der Waals surface area contributed by atoms with Crippen molar-refractivity contribution in [1.29, 1.82) is 0 Å². The molecule has 0 saturated heterocycles. The largest absolute Gasteiger partial charge is 0.485 e. The first-order valence-corrected chi connectivity index (χ1v) is 7.95. The number of hydrogen-bond donors (Lipinski definition) is 0. The van der Waals surface area contributed by atoms with Crippen LogP contribution in [0, 0.1) is 0 Å². The normalized spacial score (nSPS) is 10.2. The first-order chi connectivity index (χ1) is 11.8. The van der Waals surface area contributed by atoms with Gasteiger partial charge in [0.2, 0.25) is 0 Å². The summed E-state index contributed by atoms with van der Waals surface area (Å²) in [6.45, 7) is 4.83. The molecule has 3 rings (SSSR count). The first kappa shape index (κ1) is 15.9. The van der Waals surface area contributed by atoms with Gasteiger partial charge in [-0.2, -0.15) is 0 Å². The minimum absolute atomic E-state index is 0.503. The molecule has 0 radical (unpaired) electrons. The van der Waals surface area contributed by atoms with Crippen molar-refractivity contribution in [2.24, 2.45) is 0 Å². The van der Waals surface area contributed by atoms with E-state index < -0.39 is 0 Å². The highest BCUT2D eigenvalue weighted by atomic mass is 16.5. The maximum atomic E-state index is 5.98. The Labute approximate surface area is 143 Å². The lowest BCUT2D eigenvalue weighted by molar-refractivity contribution is 0.256. The molecule has 0 aromatic heterocycles. The van der Waals surface area contributed by atoms with E-state index in [1.54, 1.807) is 6.08 Å².